The van der Waals surface area contributed by atoms with Gasteiger partial charge in [0.1, 0.15) is 0 Å². The minimum Gasteiger partial charge on any atom is -0.325 e. The summed E-state index contributed by atoms with van der Waals surface area (Å²) in [7, 11) is 3.43. The first-order valence-electron chi connectivity index (χ1n) is 6.22. The Hall–Kier alpha value is -2.42. The molecule has 0 aliphatic rings. The molecule has 0 spiro atoms. The SMILES string of the molecule is CN(C)CC(=O)Nc1ccc2nc(C(F)(F)F)[nH]c(=O)c2c1. The first-order valence-corrected chi connectivity index (χ1v) is 6.22. The molecule has 0 aliphatic heterocycles. The predicted octanol–water partition coefficient (Wildman–Crippen LogP) is 1.44. The fourth-order valence-corrected chi connectivity index (χ4v) is 1.84. The van der Waals surface area contributed by atoms with Gasteiger partial charge in [0.15, 0.2) is 0 Å². The number of anilines is 1. The lowest BCUT2D eigenvalue weighted by Crippen LogP contribution is -2.27. The zero-order valence-electron chi connectivity index (χ0n) is 11.8. The molecule has 0 radical (unpaired) electrons. The van der Waals surface area contributed by atoms with Crippen LogP contribution >= 0.6 is 0 Å². The Kier molecular flexibility index (Phi) is 4.18. The molecule has 118 valence electrons. The molecule has 0 unspecified atom stereocenters. The average molecular weight is 314 g/mol. The molecule has 1 amide bonds. The van der Waals surface area contributed by atoms with E-state index in [4.69, 9.17) is 0 Å². The summed E-state index contributed by atoms with van der Waals surface area (Å²) in [6.45, 7) is 0.139. The predicted molar refractivity (Wildman–Crippen MR) is 74.5 cm³/mol. The van der Waals surface area contributed by atoms with E-state index in [0.29, 0.717) is 5.69 Å². The molecule has 1 aromatic heterocycles. The van der Waals surface area contributed by atoms with E-state index in [1.165, 1.54) is 18.2 Å². The molecule has 2 rings (SSSR count). The van der Waals surface area contributed by atoms with Crippen molar-refractivity contribution in [2.75, 3.05) is 26.0 Å². The summed E-state index contributed by atoms with van der Waals surface area (Å²) in [5.74, 6) is -1.66. The molecule has 9 heteroatoms. The van der Waals surface area contributed by atoms with E-state index in [2.05, 4.69) is 10.3 Å². The summed E-state index contributed by atoms with van der Waals surface area (Å²) in [5, 5.41) is 2.52. The Balaban J connectivity index is 2.38. The fourth-order valence-electron chi connectivity index (χ4n) is 1.84. The van der Waals surface area contributed by atoms with Crippen LogP contribution in [0, 0.1) is 0 Å². The van der Waals surface area contributed by atoms with Crippen molar-refractivity contribution < 1.29 is 18.0 Å². The van der Waals surface area contributed by atoms with E-state index in [9.17, 15) is 22.8 Å². The second-order valence-corrected chi connectivity index (χ2v) is 4.93. The van der Waals surface area contributed by atoms with Gasteiger partial charge < -0.3 is 15.2 Å². The van der Waals surface area contributed by atoms with Crippen LogP contribution in [0.1, 0.15) is 5.82 Å². The van der Waals surface area contributed by atoms with Crippen molar-refractivity contribution in [2.24, 2.45) is 0 Å². The number of fused-ring (bicyclic) bond motifs is 1. The van der Waals surface area contributed by atoms with Gasteiger partial charge in [0.25, 0.3) is 5.56 Å². The van der Waals surface area contributed by atoms with E-state index < -0.39 is 17.6 Å². The van der Waals surface area contributed by atoms with E-state index >= 15 is 0 Å². The van der Waals surface area contributed by atoms with Crippen LogP contribution in [0.2, 0.25) is 0 Å². The molecule has 0 fully saturated rings. The van der Waals surface area contributed by atoms with Crippen molar-refractivity contribution in [1.29, 1.82) is 0 Å². The molecule has 0 atom stereocenters. The highest BCUT2D eigenvalue weighted by molar-refractivity contribution is 5.94. The normalized spacial score (nSPS) is 11.9. The molecular formula is C13H13F3N4O2. The van der Waals surface area contributed by atoms with Gasteiger partial charge in [-0.1, -0.05) is 0 Å². The first kappa shape index (κ1) is 16.0. The van der Waals surface area contributed by atoms with Crippen molar-refractivity contribution >= 4 is 22.5 Å². The standard InChI is InChI=1S/C13H13F3N4O2/c1-20(2)6-10(21)17-7-3-4-9-8(5-7)11(22)19-12(18-9)13(14,15)16/h3-5H,6H2,1-2H3,(H,17,21)(H,18,19,22). The smallest absolute Gasteiger partial charge is 0.325 e. The molecule has 1 heterocycles. The lowest BCUT2D eigenvalue weighted by Gasteiger charge is -2.11. The average Bonchev–Trinajstić information content (AvgIpc) is 2.37. The van der Waals surface area contributed by atoms with Crippen molar-refractivity contribution in [1.82, 2.24) is 14.9 Å². The molecule has 1 aromatic carbocycles. The number of nitrogens with zero attached hydrogens (tertiary/aromatic N) is 2. The van der Waals surface area contributed by atoms with Gasteiger partial charge in [-0.05, 0) is 32.3 Å². The monoisotopic (exact) mass is 314 g/mol. The largest absolute Gasteiger partial charge is 0.449 e. The van der Waals surface area contributed by atoms with Crippen molar-refractivity contribution in [3.05, 3.63) is 34.4 Å². The second kappa shape index (κ2) is 5.76. The van der Waals surface area contributed by atoms with E-state index in [1.54, 1.807) is 24.0 Å². The third-order valence-corrected chi connectivity index (χ3v) is 2.72. The number of aromatic amines is 1. The third kappa shape index (κ3) is 3.61. The number of carbonyl (C=O) groups excluding carboxylic acids is 1. The zero-order chi connectivity index (χ0) is 16.5. The Labute approximate surface area is 123 Å². The number of amides is 1. The third-order valence-electron chi connectivity index (χ3n) is 2.72. The van der Waals surface area contributed by atoms with Crippen LogP contribution in [-0.4, -0.2) is 41.4 Å². The summed E-state index contributed by atoms with van der Waals surface area (Å²) >= 11 is 0. The number of likely N-dealkylation sites (N-methyl/N-ethyl adjacent to an activating group) is 1. The quantitative estimate of drug-likeness (QED) is 0.899. The Morgan fingerprint density at radius 1 is 1.36 bits per heavy atom. The van der Waals surface area contributed by atoms with Crippen LogP contribution < -0.4 is 10.9 Å². The molecule has 0 saturated carbocycles. The van der Waals surface area contributed by atoms with E-state index in [0.717, 1.165) is 0 Å². The minimum absolute atomic E-state index is 0.0318. The van der Waals surface area contributed by atoms with Crippen molar-refractivity contribution in [2.45, 2.75) is 6.18 Å². The first-order chi connectivity index (χ1) is 10.2. The van der Waals surface area contributed by atoms with Gasteiger partial charge in [0.05, 0.1) is 17.4 Å². The highest BCUT2D eigenvalue weighted by atomic mass is 19.4. The summed E-state index contributed by atoms with van der Waals surface area (Å²) in [4.78, 5) is 30.1. The van der Waals surface area contributed by atoms with Crippen LogP contribution in [0.4, 0.5) is 18.9 Å². The lowest BCUT2D eigenvalue weighted by atomic mass is 10.2. The van der Waals surface area contributed by atoms with Crippen LogP contribution in [0.5, 0.6) is 0 Å². The summed E-state index contributed by atoms with van der Waals surface area (Å²) in [5.41, 5.74) is -0.700. The number of nitrogens with one attached hydrogen (secondary N) is 2. The maximum atomic E-state index is 12.6. The lowest BCUT2D eigenvalue weighted by molar-refractivity contribution is -0.144. The number of halogens is 3. The van der Waals surface area contributed by atoms with Gasteiger partial charge in [-0.15, -0.1) is 0 Å². The summed E-state index contributed by atoms with van der Waals surface area (Å²) in [6.07, 6.45) is -4.73. The molecule has 0 aliphatic carbocycles. The number of benzene rings is 1. The van der Waals surface area contributed by atoms with Crippen LogP contribution in [0.15, 0.2) is 23.0 Å². The molecule has 2 N–H and O–H groups in total. The number of carbonyl (C=O) groups is 1. The molecule has 0 bridgehead atoms. The number of rotatable bonds is 3. The Morgan fingerprint density at radius 2 is 2.05 bits per heavy atom. The van der Waals surface area contributed by atoms with Gasteiger partial charge in [-0.3, -0.25) is 9.59 Å². The molecule has 0 saturated heterocycles. The van der Waals surface area contributed by atoms with Crippen LogP contribution in [0.3, 0.4) is 0 Å². The van der Waals surface area contributed by atoms with Gasteiger partial charge in [0, 0.05) is 5.69 Å². The van der Waals surface area contributed by atoms with Crippen LogP contribution in [0.25, 0.3) is 10.9 Å². The minimum atomic E-state index is -4.73. The Morgan fingerprint density at radius 3 is 2.64 bits per heavy atom. The van der Waals surface area contributed by atoms with Gasteiger partial charge in [-0.25, -0.2) is 4.98 Å². The topological polar surface area (TPSA) is 78.1 Å². The highest BCUT2D eigenvalue weighted by Crippen LogP contribution is 2.26. The number of aromatic nitrogens is 2. The molecular weight excluding hydrogens is 301 g/mol. The number of H-pyrrole nitrogens is 1. The number of alkyl halides is 3. The summed E-state index contributed by atoms with van der Waals surface area (Å²) in [6, 6.07) is 3.93. The molecule has 6 nitrogen and oxygen atoms in total. The maximum Gasteiger partial charge on any atom is 0.449 e. The van der Waals surface area contributed by atoms with Crippen molar-refractivity contribution in [3.63, 3.8) is 0 Å². The Bertz CT molecular complexity index is 768. The number of hydrogen-bond acceptors (Lipinski definition) is 4. The number of hydrogen-bond donors (Lipinski definition) is 2. The zero-order valence-corrected chi connectivity index (χ0v) is 11.8. The van der Waals surface area contributed by atoms with Crippen LogP contribution in [-0.2, 0) is 11.0 Å². The fraction of sp³-hybridized carbons (Fsp3) is 0.308. The highest BCUT2D eigenvalue weighted by Gasteiger charge is 2.34. The van der Waals surface area contributed by atoms with Gasteiger partial charge in [-0.2, -0.15) is 13.2 Å². The summed E-state index contributed by atoms with van der Waals surface area (Å²) < 4.78 is 37.7. The van der Waals surface area contributed by atoms with Crippen molar-refractivity contribution in [3.8, 4) is 0 Å². The van der Waals surface area contributed by atoms with Gasteiger partial charge >= 0.3 is 6.18 Å². The molecule has 2 aromatic rings. The molecule has 22 heavy (non-hydrogen) atoms. The van der Waals surface area contributed by atoms with E-state index in [-0.39, 0.29) is 23.4 Å². The van der Waals surface area contributed by atoms with E-state index in [1.807, 2.05) is 0 Å². The maximum absolute atomic E-state index is 12.6. The second-order valence-electron chi connectivity index (χ2n) is 4.93. The van der Waals surface area contributed by atoms with Gasteiger partial charge in [0.2, 0.25) is 11.7 Å².